The number of nitrogens with zero attached hydrogens (tertiary/aromatic N) is 1. The van der Waals surface area contributed by atoms with E-state index in [0.29, 0.717) is 5.88 Å². The zero-order chi connectivity index (χ0) is 13.7. The van der Waals surface area contributed by atoms with Crippen molar-refractivity contribution in [2.24, 2.45) is 4.99 Å². The Morgan fingerprint density at radius 2 is 1.89 bits per heavy atom. The highest BCUT2D eigenvalue weighted by Crippen LogP contribution is 2.33. The van der Waals surface area contributed by atoms with E-state index in [-0.39, 0.29) is 0 Å². The van der Waals surface area contributed by atoms with Crippen molar-refractivity contribution in [3.05, 3.63) is 23.3 Å². The number of methoxy groups -OCH3 is 2. The van der Waals surface area contributed by atoms with Crippen molar-refractivity contribution in [2.45, 2.75) is 25.7 Å². The highest BCUT2D eigenvalue weighted by Gasteiger charge is 2.17. The maximum Gasteiger partial charge on any atom is 0.161 e. The lowest BCUT2D eigenvalue weighted by Gasteiger charge is -2.19. The van der Waals surface area contributed by atoms with Gasteiger partial charge in [-0.3, -0.25) is 4.99 Å². The first-order valence-electron chi connectivity index (χ1n) is 6.64. The van der Waals surface area contributed by atoms with E-state index in [4.69, 9.17) is 21.1 Å². The Bertz CT molecular complexity index is 471. The van der Waals surface area contributed by atoms with Crippen LogP contribution in [0.5, 0.6) is 11.5 Å². The van der Waals surface area contributed by atoms with E-state index in [1.165, 1.54) is 16.8 Å². The minimum atomic E-state index is 0.714. The van der Waals surface area contributed by atoms with Gasteiger partial charge >= 0.3 is 0 Å². The van der Waals surface area contributed by atoms with Gasteiger partial charge in [0, 0.05) is 23.7 Å². The summed E-state index contributed by atoms with van der Waals surface area (Å²) in [5, 5.41) is 0. The first-order valence-corrected chi connectivity index (χ1v) is 7.18. The third-order valence-corrected chi connectivity index (χ3v) is 3.67. The zero-order valence-electron chi connectivity index (χ0n) is 11.5. The predicted octanol–water partition coefficient (Wildman–Crippen LogP) is 3.46. The molecular formula is C15H20ClNO2. The summed E-state index contributed by atoms with van der Waals surface area (Å²) >= 11 is 5.73. The monoisotopic (exact) mass is 281 g/mol. The Balaban J connectivity index is 2.27. The van der Waals surface area contributed by atoms with Crippen molar-refractivity contribution in [3.63, 3.8) is 0 Å². The van der Waals surface area contributed by atoms with E-state index in [9.17, 15) is 0 Å². The second kappa shape index (κ2) is 6.80. The number of hydrogen-bond donors (Lipinski definition) is 0. The molecule has 0 aromatic heterocycles. The topological polar surface area (TPSA) is 30.8 Å². The normalized spacial score (nSPS) is 13.7. The number of fused-ring (bicyclic) bond motifs is 1. The number of unbranched alkanes of at least 4 members (excludes halogenated alkanes) is 1. The van der Waals surface area contributed by atoms with Crippen LogP contribution in [0.4, 0.5) is 0 Å². The fourth-order valence-corrected chi connectivity index (χ4v) is 2.58. The summed E-state index contributed by atoms with van der Waals surface area (Å²) < 4.78 is 10.7. The van der Waals surface area contributed by atoms with Crippen LogP contribution in [-0.4, -0.2) is 32.4 Å². The van der Waals surface area contributed by atoms with Gasteiger partial charge in [0.2, 0.25) is 0 Å². The van der Waals surface area contributed by atoms with Gasteiger partial charge in [0.25, 0.3) is 0 Å². The van der Waals surface area contributed by atoms with Gasteiger partial charge in [-0.15, -0.1) is 11.6 Å². The molecular weight excluding hydrogens is 262 g/mol. The molecule has 3 nitrogen and oxygen atoms in total. The van der Waals surface area contributed by atoms with Crippen LogP contribution in [0, 0.1) is 0 Å². The Labute approximate surface area is 119 Å². The average Bonchev–Trinajstić information content (AvgIpc) is 2.46. The number of ether oxygens (including phenoxy) is 2. The third-order valence-electron chi connectivity index (χ3n) is 3.40. The second-order valence-corrected chi connectivity index (χ2v) is 4.97. The van der Waals surface area contributed by atoms with E-state index in [2.05, 4.69) is 11.1 Å². The molecule has 1 aliphatic rings. The molecule has 0 spiro atoms. The minimum Gasteiger partial charge on any atom is -0.493 e. The molecule has 0 fully saturated rings. The molecule has 0 saturated heterocycles. The van der Waals surface area contributed by atoms with Crippen molar-refractivity contribution in [2.75, 3.05) is 26.6 Å². The fraction of sp³-hybridized carbons (Fsp3) is 0.533. The predicted molar refractivity (Wildman–Crippen MR) is 79.2 cm³/mol. The van der Waals surface area contributed by atoms with E-state index in [1.54, 1.807) is 14.2 Å². The molecule has 4 heteroatoms. The van der Waals surface area contributed by atoms with E-state index in [1.807, 2.05) is 6.07 Å². The first kappa shape index (κ1) is 14.2. The SMILES string of the molecule is COc1cc2c(cc1OC)C(CCCCCl)=NCC2. The Kier molecular flexibility index (Phi) is 5.08. The Hall–Kier alpha value is -1.22. The highest BCUT2D eigenvalue weighted by molar-refractivity contribution is 6.17. The average molecular weight is 282 g/mol. The summed E-state index contributed by atoms with van der Waals surface area (Å²) in [4.78, 5) is 4.65. The molecule has 104 valence electrons. The van der Waals surface area contributed by atoms with Gasteiger partial charge in [-0.1, -0.05) is 0 Å². The lowest BCUT2D eigenvalue weighted by molar-refractivity contribution is 0.354. The van der Waals surface area contributed by atoms with Crippen molar-refractivity contribution < 1.29 is 9.47 Å². The molecule has 0 radical (unpaired) electrons. The third kappa shape index (κ3) is 3.21. The Morgan fingerprint density at radius 1 is 1.16 bits per heavy atom. The number of alkyl halides is 1. The van der Waals surface area contributed by atoms with Crippen molar-refractivity contribution >= 4 is 17.3 Å². The van der Waals surface area contributed by atoms with Gasteiger partial charge in [0.1, 0.15) is 0 Å². The summed E-state index contributed by atoms with van der Waals surface area (Å²) in [7, 11) is 3.33. The standard InChI is InChI=1S/C15H20ClNO2/c1-18-14-9-11-6-8-17-13(5-3-4-7-16)12(11)10-15(14)19-2/h9-10H,3-8H2,1-2H3. The number of rotatable bonds is 6. The zero-order valence-corrected chi connectivity index (χ0v) is 12.3. The molecule has 0 bridgehead atoms. The maximum absolute atomic E-state index is 5.73. The molecule has 0 saturated carbocycles. The fourth-order valence-electron chi connectivity index (χ4n) is 2.39. The lowest BCUT2D eigenvalue weighted by atomic mass is 9.94. The van der Waals surface area contributed by atoms with Gasteiger partial charge < -0.3 is 9.47 Å². The molecule has 0 unspecified atom stereocenters. The van der Waals surface area contributed by atoms with Gasteiger partial charge in [0.05, 0.1) is 14.2 Å². The number of halogens is 1. The van der Waals surface area contributed by atoms with Gasteiger partial charge in [-0.05, 0) is 43.4 Å². The second-order valence-electron chi connectivity index (χ2n) is 4.59. The first-order chi connectivity index (χ1) is 9.30. The van der Waals surface area contributed by atoms with Crippen LogP contribution in [0.1, 0.15) is 30.4 Å². The van der Waals surface area contributed by atoms with Gasteiger partial charge in [0.15, 0.2) is 11.5 Å². The van der Waals surface area contributed by atoms with Crippen LogP contribution in [0.2, 0.25) is 0 Å². The molecule has 1 aliphatic heterocycles. The summed E-state index contributed by atoms with van der Waals surface area (Å²) in [5.41, 5.74) is 3.68. The van der Waals surface area contributed by atoms with Crippen LogP contribution >= 0.6 is 11.6 Å². The van der Waals surface area contributed by atoms with Crippen LogP contribution in [0.15, 0.2) is 17.1 Å². The molecule has 1 aromatic carbocycles. The highest BCUT2D eigenvalue weighted by atomic mass is 35.5. The smallest absolute Gasteiger partial charge is 0.161 e. The summed E-state index contributed by atoms with van der Waals surface area (Å²) in [6.07, 6.45) is 4.06. The van der Waals surface area contributed by atoms with Crippen LogP contribution in [0.3, 0.4) is 0 Å². The van der Waals surface area contributed by atoms with Crippen LogP contribution in [-0.2, 0) is 6.42 Å². The lowest BCUT2D eigenvalue weighted by Crippen LogP contribution is -2.13. The molecule has 0 N–H and O–H groups in total. The largest absolute Gasteiger partial charge is 0.493 e. The molecule has 0 aliphatic carbocycles. The summed E-state index contributed by atoms with van der Waals surface area (Å²) in [6.45, 7) is 0.860. The van der Waals surface area contributed by atoms with Gasteiger partial charge in [-0.25, -0.2) is 0 Å². The molecule has 19 heavy (non-hydrogen) atoms. The number of benzene rings is 1. The number of aliphatic imine (C=N–C) groups is 1. The van der Waals surface area contributed by atoms with Gasteiger partial charge in [-0.2, -0.15) is 0 Å². The maximum atomic E-state index is 5.73. The van der Waals surface area contributed by atoms with Crippen LogP contribution in [0.25, 0.3) is 0 Å². The molecule has 0 atom stereocenters. The number of hydrogen-bond acceptors (Lipinski definition) is 3. The quantitative estimate of drug-likeness (QED) is 0.591. The molecule has 0 amide bonds. The van der Waals surface area contributed by atoms with Crippen molar-refractivity contribution in [3.8, 4) is 11.5 Å². The van der Waals surface area contributed by atoms with Crippen molar-refractivity contribution in [1.29, 1.82) is 0 Å². The molecule has 1 heterocycles. The van der Waals surface area contributed by atoms with Crippen LogP contribution < -0.4 is 9.47 Å². The Morgan fingerprint density at radius 3 is 2.58 bits per heavy atom. The van der Waals surface area contributed by atoms with E-state index < -0.39 is 0 Å². The minimum absolute atomic E-state index is 0.714. The van der Waals surface area contributed by atoms with E-state index >= 15 is 0 Å². The van der Waals surface area contributed by atoms with Crippen molar-refractivity contribution in [1.82, 2.24) is 0 Å². The summed E-state index contributed by atoms with van der Waals surface area (Å²) in [6, 6.07) is 4.12. The molecule has 2 rings (SSSR count). The van der Waals surface area contributed by atoms with E-state index in [0.717, 1.165) is 43.7 Å². The molecule has 1 aromatic rings. The summed E-state index contributed by atoms with van der Waals surface area (Å²) in [5.74, 6) is 2.28.